The summed E-state index contributed by atoms with van der Waals surface area (Å²) in [5.74, 6) is 0. The summed E-state index contributed by atoms with van der Waals surface area (Å²) in [5.41, 5.74) is 0. The molecule has 0 saturated heterocycles. The van der Waals surface area contributed by atoms with Gasteiger partial charge in [-0.25, -0.2) is 0 Å². The van der Waals surface area contributed by atoms with Crippen molar-refractivity contribution in [3.05, 3.63) is 0 Å². The third-order valence-electron chi connectivity index (χ3n) is 0.885. The summed E-state index contributed by atoms with van der Waals surface area (Å²) in [6.07, 6.45) is -17.9. The van der Waals surface area contributed by atoms with Crippen LogP contribution in [0, 0.1) is 0 Å². The second kappa shape index (κ2) is 5.41. The van der Waals surface area contributed by atoms with Crippen molar-refractivity contribution in [1.82, 2.24) is 0 Å². The molecule has 0 spiro atoms. The molecule has 0 unspecified atom stereocenters. The topological polar surface area (TPSA) is 121 Å². The Balaban J connectivity index is 6.08. The molecule has 0 rings (SSSR count). The normalized spacial score (nSPS) is 44.2. The fourth-order valence-corrected chi connectivity index (χ4v) is 0.330. The first kappa shape index (κ1) is 3.87. The molecule has 0 heterocycles. The molecule has 0 bridgehead atoms. The lowest BCUT2D eigenvalue weighted by Gasteiger charge is -2.24. The first-order valence-corrected chi connectivity index (χ1v) is 2.59. The molecule has 74 valence electrons. The Kier molecular flexibility index (Phi) is 1.75. The molecule has 6 nitrogen and oxygen atoms in total. The van der Waals surface area contributed by atoms with E-state index in [9.17, 15) is 20.4 Å². The lowest BCUT2D eigenvalue weighted by molar-refractivity contribution is -0.123. The monoisotopic (exact) mass is 196 g/mol. The lowest BCUT2D eigenvalue weighted by atomic mass is 11.0. The van der Waals surface area contributed by atoms with Crippen LogP contribution in [-0.4, -0.2) is 68.1 Å². The van der Waals surface area contributed by atoms with Gasteiger partial charge in [-0.2, -0.15) is 0 Å². The van der Waals surface area contributed by atoms with Crippen molar-refractivity contribution in [2.75, 3.05) is 13.1 Å². The SMILES string of the molecule is [2H][13C]([2H])(O)[13C@]([2H])(O)[13C@@]([2H])(O)[13C@]([2H])(O)[13C@]([2H])(O)[13C]([2H])([2H])O. The smallest absolute Gasteiger partial charge is 0.111 e. The molecule has 0 aromatic carbocycles. The predicted molar refractivity (Wildman–Crippen MR) is 38.2 cm³/mol. The van der Waals surface area contributed by atoms with Gasteiger partial charge in [-0.15, -0.1) is 0 Å². The standard InChI is InChI=1S/C6H14O6/c7-1-3(9)5(11)6(12)4(10)2-8/h3-12H,1-2H2/t3-,4+,5-,6-/m1/s1/i1+1D2,2+1D2,3+1D,4+1D,5+1D,6+1D. The molecule has 0 aliphatic heterocycles. The fourth-order valence-electron chi connectivity index (χ4n) is 0.330. The van der Waals surface area contributed by atoms with Crippen molar-refractivity contribution in [2.24, 2.45) is 0 Å². The van der Waals surface area contributed by atoms with Gasteiger partial charge in [0, 0.05) is 0 Å². The van der Waals surface area contributed by atoms with Gasteiger partial charge in [0.15, 0.2) is 0 Å². The van der Waals surface area contributed by atoms with Crippen LogP contribution in [0.15, 0.2) is 0 Å². The van der Waals surface area contributed by atoms with E-state index in [4.69, 9.17) is 21.2 Å². The van der Waals surface area contributed by atoms with E-state index in [1.165, 1.54) is 0 Å². The van der Waals surface area contributed by atoms with E-state index < -0.39 is 37.4 Å². The van der Waals surface area contributed by atoms with Gasteiger partial charge in [0.25, 0.3) is 0 Å². The maximum atomic E-state index is 9.44. The van der Waals surface area contributed by atoms with Gasteiger partial charge in [-0.1, -0.05) is 0 Å². The van der Waals surface area contributed by atoms with Crippen LogP contribution < -0.4 is 0 Å². The summed E-state index contributed by atoms with van der Waals surface area (Å²) in [6, 6.07) is 0. The highest BCUT2D eigenvalue weighted by Crippen LogP contribution is 2.03. The van der Waals surface area contributed by atoms with Gasteiger partial charge < -0.3 is 30.6 Å². The molecular weight excluding hydrogens is 174 g/mol. The maximum absolute atomic E-state index is 9.44. The summed E-state index contributed by atoms with van der Waals surface area (Å²) >= 11 is 0. The average Bonchev–Trinajstić information content (AvgIpc) is 2.12. The van der Waals surface area contributed by atoms with E-state index in [-0.39, 0.29) is 0 Å². The van der Waals surface area contributed by atoms with Crippen molar-refractivity contribution in [3.63, 3.8) is 0 Å². The average molecular weight is 196 g/mol. The number of aliphatic hydroxyl groups is 6. The number of rotatable bonds is 5. The third kappa shape index (κ3) is 3.02. The number of hydrogen-bond donors (Lipinski definition) is 6. The lowest BCUT2D eigenvalue weighted by Crippen LogP contribution is -2.46. The van der Waals surface area contributed by atoms with Gasteiger partial charge in [0.2, 0.25) is 0 Å². The highest BCUT2D eigenvalue weighted by molar-refractivity contribution is 4.79. The Bertz CT molecular complexity index is 333. The van der Waals surface area contributed by atoms with Crippen LogP contribution in [0.4, 0.5) is 0 Å². The van der Waals surface area contributed by atoms with Crippen LogP contribution >= 0.6 is 0 Å². The maximum Gasteiger partial charge on any atom is 0.111 e. The van der Waals surface area contributed by atoms with E-state index >= 15 is 0 Å². The predicted octanol–water partition coefficient (Wildman–Crippen LogP) is -3.59. The first-order chi connectivity index (χ1) is 8.25. The molecule has 4 atom stereocenters. The quantitative estimate of drug-likeness (QED) is 0.253. The Morgan fingerprint density at radius 2 is 1.17 bits per heavy atom. The molecule has 0 radical (unpaired) electrons. The Hall–Kier alpha value is -0.240. The van der Waals surface area contributed by atoms with Gasteiger partial charge >= 0.3 is 0 Å². The second-order valence-corrected chi connectivity index (χ2v) is 1.62. The van der Waals surface area contributed by atoms with Crippen LogP contribution in [-0.2, 0) is 0 Å². The number of hydrogen-bond acceptors (Lipinski definition) is 6. The molecule has 12 heavy (non-hydrogen) atoms. The third-order valence-corrected chi connectivity index (χ3v) is 0.885. The minimum atomic E-state index is -4.55. The van der Waals surface area contributed by atoms with E-state index in [0.29, 0.717) is 0 Å². The van der Waals surface area contributed by atoms with E-state index in [1.54, 1.807) is 0 Å². The van der Waals surface area contributed by atoms with Crippen molar-refractivity contribution in [1.29, 1.82) is 0 Å². The van der Waals surface area contributed by atoms with Crippen LogP contribution in [0.2, 0.25) is 0 Å². The highest BCUT2D eigenvalue weighted by Gasteiger charge is 2.29. The van der Waals surface area contributed by atoms with Crippen LogP contribution in [0.25, 0.3) is 0 Å². The second-order valence-electron chi connectivity index (χ2n) is 1.62. The molecule has 0 saturated carbocycles. The zero-order valence-corrected chi connectivity index (χ0v) is 5.68. The molecule has 0 aliphatic rings. The molecule has 0 fully saturated rings. The summed E-state index contributed by atoms with van der Waals surface area (Å²) < 4.78 is 54.5. The molecule has 0 aromatic heterocycles. The molecular formula is C6H14O6. The van der Waals surface area contributed by atoms with E-state index in [0.717, 1.165) is 0 Å². The van der Waals surface area contributed by atoms with Gasteiger partial charge in [0.1, 0.15) is 24.3 Å². The Morgan fingerprint density at radius 3 is 1.33 bits per heavy atom. The van der Waals surface area contributed by atoms with Crippen molar-refractivity contribution < 1.29 is 41.6 Å². The Labute approximate surface area is 80.6 Å². The van der Waals surface area contributed by atoms with Gasteiger partial charge in [0.05, 0.1) is 24.1 Å². The Morgan fingerprint density at radius 1 is 0.917 bits per heavy atom. The van der Waals surface area contributed by atoms with Crippen LogP contribution in [0.5, 0.6) is 0 Å². The highest BCUT2D eigenvalue weighted by atomic mass is 16.6. The van der Waals surface area contributed by atoms with Crippen LogP contribution in [0.1, 0.15) is 11.0 Å². The van der Waals surface area contributed by atoms with Crippen molar-refractivity contribution in [3.8, 4) is 0 Å². The van der Waals surface area contributed by atoms with Gasteiger partial charge in [-0.3, -0.25) is 0 Å². The van der Waals surface area contributed by atoms with Gasteiger partial charge in [-0.05, 0) is 0 Å². The van der Waals surface area contributed by atoms with E-state index in [2.05, 4.69) is 0 Å². The summed E-state index contributed by atoms with van der Waals surface area (Å²) in [6.45, 7) is -8.23. The fraction of sp³-hybridized carbons (Fsp3) is 1.00. The zero-order valence-electron chi connectivity index (χ0n) is 13.7. The minimum absolute atomic E-state index is 4.11. The minimum Gasteiger partial charge on any atom is -0.394 e. The summed E-state index contributed by atoms with van der Waals surface area (Å²) in [5, 5.41) is 55.1. The molecule has 0 aliphatic carbocycles. The largest absolute Gasteiger partial charge is 0.394 e. The molecule has 6 heteroatoms. The molecule has 0 amide bonds. The molecule has 6 N–H and O–H groups in total. The summed E-state index contributed by atoms with van der Waals surface area (Å²) in [7, 11) is 0. The van der Waals surface area contributed by atoms with E-state index in [1.807, 2.05) is 0 Å². The molecule has 0 aromatic rings. The first-order valence-electron chi connectivity index (χ1n) is 6.59. The van der Waals surface area contributed by atoms with Crippen molar-refractivity contribution in [2.45, 2.75) is 24.3 Å². The zero-order chi connectivity index (χ0) is 17.0. The summed E-state index contributed by atoms with van der Waals surface area (Å²) in [4.78, 5) is 0. The van der Waals surface area contributed by atoms with Crippen molar-refractivity contribution >= 4 is 0 Å². The van der Waals surface area contributed by atoms with Crippen LogP contribution in [0.3, 0.4) is 0 Å².